The third-order valence-corrected chi connectivity index (χ3v) is 4.46. The predicted octanol–water partition coefficient (Wildman–Crippen LogP) is 3.47. The minimum absolute atomic E-state index is 0.134. The highest BCUT2D eigenvalue weighted by Crippen LogP contribution is 2.28. The van der Waals surface area contributed by atoms with E-state index in [2.05, 4.69) is 21.2 Å². The van der Waals surface area contributed by atoms with Gasteiger partial charge in [0, 0.05) is 5.69 Å². The van der Waals surface area contributed by atoms with Crippen LogP contribution in [0.15, 0.2) is 71.8 Å². The van der Waals surface area contributed by atoms with Gasteiger partial charge in [0.05, 0.1) is 18.5 Å². The number of para-hydroxylation sites is 1. The quantitative estimate of drug-likeness (QED) is 0.238. The molecule has 0 aliphatic carbocycles. The van der Waals surface area contributed by atoms with E-state index in [4.69, 9.17) is 9.47 Å². The van der Waals surface area contributed by atoms with Crippen LogP contribution in [-0.4, -0.2) is 37.1 Å². The Labute approximate surface area is 205 Å². The summed E-state index contributed by atoms with van der Waals surface area (Å²) in [6.45, 7) is 1.75. The lowest BCUT2D eigenvalue weighted by molar-refractivity contribution is -0.136. The maximum absolute atomic E-state index is 13.6. The Kier molecular flexibility index (Phi) is 9.04. The zero-order valence-corrected chi connectivity index (χ0v) is 19.1. The molecule has 0 unspecified atom stereocenters. The summed E-state index contributed by atoms with van der Waals surface area (Å²) in [6.07, 6.45) is 1.27. The number of rotatable bonds is 9. The molecule has 0 heterocycles. The molecule has 9 nitrogen and oxygen atoms in total. The first-order valence-corrected chi connectivity index (χ1v) is 10.7. The Hall–Kier alpha value is -4.80. The van der Waals surface area contributed by atoms with E-state index >= 15 is 0 Å². The molecule has 0 spiro atoms. The average molecular weight is 496 g/mol. The number of hydrazone groups is 1. The van der Waals surface area contributed by atoms with Gasteiger partial charge in [-0.1, -0.05) is 12.1 Å². The van der Waals surface area contributed by atoms with E-state index < -0.39 is 29.4 Å². The molecule has 3 aromatic rings. The molecule has 0 fully saturated rings. The van der Waals surface area contributed by atoms with Gasteiger partial charge in [-0.3, -0.25) is 14.4 Å². The molecule has 11 heteroatoms. The molecule has 3 N–H and O–H groups in total. The number of ether oxygens (including phenoxy) is 2. The summed E-state index contributed by atoms with van der Waals surface area (Å²) in [5.74, 6) is -3.12. The SMILES string of the molecule is CCOc1cc(/C=N\NC(=O)C(=O)Nc2ccccc2F)ccc1OCC(=O)Nc1ccc(F)cc1. The van der Waals surface area contributed by atoms with Gasteiger partial charge in [0.15, 0.2) is 18.1 Å². The fraction of sp³-hybridized carbons (Fsp3) is 0.120. The number of hydrogen-bond donors (Lipinski definition) is 3. The van der Waals surface area contributed by atoms with Crippen molar-refractivity contribution in [3.63, 3.8) is 0 Å². The van der Waals surface area contributed by atoms with E-state index in [1.807, 2.05) is 0 Å². The van der Waals surface area contributed by atoms with E-state index in [-0.39, 0.29) is 18.0 Å². The summed E-state index contributed by atoms with van der Waals surface area (Å²) < 4.78 is 37.6. The van der Waals surface area contributed by atoms with Crippen molar-refractivity contribution in [1.29, 1.82) is 0 Å². The van der Waals surface area contributed by atoms with Crippen molar-refractivity contribution in [3.8, 4) is 11.5 Å². The Balaban J connectivity index is 1.56. The highest BCUT2D eigenvalue weighted by molar-refractivity contribution is 6.39. The molecule has 3 amide bonds. The summed E-state index contributed by atoms with van der Waals surface area (Å²) in [5, 5.41) is 8.45. The van der Waals surface area contributed by atoms with Crippen LogP contribution in [0.2, 0.25) is 0 Å². The van der Waals surface area contributed by atoms with Gasteiger partial charge in [-0.2, -0.15) is 5.10 Å². The second-order valence-electron chi connectivity index (χ2n) is 7.12. The van der Waals surface area contributed by atoms with Gasteiger partial charge >= 0.3 is 11.8 Å². The van der Waals surface area contributed by atoms with Crippen LogP contribution in [0.25, 0.3) is 0 Å². The number of carbonyl (C=O) groups excluding carboxylic acids is 3. The molecule has 0 saturated heterocycles. The topological polar surface area (TPSA) is 118 Å². The van der Waals surface area contributed by atoms with E-state index in [1.165, 1.54) is 48.7 Å². The molecule has 186 valence electrons. The Morgan fingerprint density at radius 3 is 2.36 bits per heavy atom. The molecule has 0 bridgehead atoms. The normalized spacial score (nSPS) is 10.5. The fourth-order valence-electron chi connectivity index (χ4n) is 2.82. The van der Waals surface area contributed by atoms with Gasteiger partial charge < -0.3 is 20.1 Å². The average Bonchev–Trinajstić information content (AvgIpc) is 2.86. The molecule has 3 aromatic carbocycles. The largest absolute Gasteiger partial charge is 0.490 e. The number of nitrogens with one attached hydrogen (secondary N) is 3. The minimum atomic E-state index is -1.09. The molecule has 36 heavy (non-hydrogen) atoms. The predicted molar refractivity (Wildman–Crippen MR) is 129 cm³/mol. The van der Waals surface area contributed by atoms with Crippen LogP contribution in [0.1, 0.15) is 12.5 Å². The lowest BCUT2D eigenvalue weighted by Gasteiger charge is -2.12. The highest BCUT2D eigenvalue weighted by Gasteiger charge is 2.15. The van der Waals surface area contributed by atoms with Crippen molar-refractivity contribution in [2.24, 2.45) is 5.10 Å². The molecule has 0 radical (unpaired) electrons. The van der Waals surface area contributed by atoms with Crippen LogP contribution >= 0.6 is 0 Å². The molecule has 0 aromatic heterocycles. The van der Waals surface area contributed by atoms with Crippen molar-refractivity contribution in [2.75, 3.05) is 23.8 Å². The number of hydrogen-bond acceptors (Lipinski definition) is 6. The number of anilines is 2. The molecule has 3 rings (SSSR count). The third kappa shape index (κ3) is 7.62. The zero-order valence-electron chi connectivity index (χ0n) is 19.1. The fourth-order valence-corrected chi connectivity index (χ4v) is 2.82. The van der Waals surface area contributed by atoms with Crippen molar-refractivity contribution >= 4 is 35.3 Å². The Morgan fingerprint density at radius 1 is 0.889 bits per heavy atom. The maximum atomic E-state index is 13.6. The van der Waals surface area contributed by atoms with E-state index in [0.717, 1.165) is 6.07 Å². The van der Waals surface area contributed by atoms with E-state index in [0.29, 0.717) is 23.6 Å². The second-order valence-corrected chi connectivity index (χ2v) is 7.12. The lowest BCUT2D eigenvalue weighted by atomic mass is 10.2. The summed E-state index contributed by atoms with van der Waals surface area (Å²) in [4.78, 5) is 35.9. The summed E-state index contributed by atoms with van der Waals surface area (Å²) in [7, 11) is 0. The number of halogens is 2. The van der Waals surface area contributed by atoms with E-state index in [9.17, 15) is 23.2 Å². The third-order valence-electron chi connectivity index (χ3n) is 4.46. The monoisotopic (exact) mass is 496 g/mol. The van der Waals surface area contributed by atoms with Crippen molar-refractivity contribution < 1.29 is 32.6 Å². The van der Waals surface area contributed by atoms with Crippen molar-refractivity contribution in [1.82, 2.24) is 5.43 Å². The summed E-state index contributed by atoms with van der Waals surface area (Å²) in [6, 6.07) is 15.4. The number of carbonyl (C=O) groups is 3. The van der Waals surface area contributed by atoms with Crippen LogP contribution < -0.4 is 25.5 Å². The maximum Gasteiger partial charge on any atom is 0.329 e. The van der Waals surface area contributed by atoms with Crippen molar-refractivity contribution in [2.45, 2.75) is 6.92 Å². The first-order valence-electron chi connectivity index (χ1n) is 10.7. The van der Waals surface area contributed by atoms with Crippen molar-refractivity contribution in [3.05, 3.63) is 83.9 Å². The van der Waals surface area contributed by atoms with Gasteiger partial charge in [-0.15, -0.1) is 0 Å². The Morgan fingerprint density at radius 2 is 1.64 bits per heavy atom. The minimum Gasteiger partial charge on any atom is -0.490 e. The number of amides is 3. The lowest BCUT2D eigenvalue weighted by Crippen LogP contribution is -2.32. The van der Waals surface area contributed by atoms with Gasteiger partial charge in [0.1, 0.15) is 11.6 Å². The molecule has 0 atom stereocenters. The second kappa shape index (κ2) is 12.6. The molecular formula is C25H22F2N4O5. The summed E-state index contributed by atoms with van der Waals surface area (Å²) in [5.41, 5.74) is 2.84. The standard InChI is InChI=1S/C25H22F2N4O5/c1-2-35-22-13-16(14-28-31-25(34)24(33)30-20-6-4-3-5-19(20)27)7-12-21(22)36-15-23(32)29-18-10-8-17(26)9-11-18/h3-14H,2,15H2,1H3,(H,29,32)(H,30,33)(H,31,34)/b28-14-. The van der Waals surface area contributed by atoms with Gasteiger partial charge in [0.25, 0.3) is 5.91 Å². The van der Waals surface area contributed by atoms with Crippen LogP contribution in [0.5, 0.6) is 11.5 Å². The van der Waals surface area contributed by atoms with Gasteiger partial charge in [-0.05, 0) is 67.1 Å². The Bertz CT molecular complexity index is 1270. The van der Waals surface area contributed by atoms with Gasteiger partial charge in [0.2, 0.25) is 0 Å². The first-order chi connectivity index (χ1) is 17.4. The van der Waals surface area contributed by atoms with Gasteiger partial charge in [-0.25, -0.2) is 14.2 Å². The molecule has 0 saturated carbocycles. The molecule has 0 aliphatic heterocycles. The van der Waals surface area contributed by atoms with Crippen LogP contribution in [0.4, 0.5) is 20.2 Å². The number of nitrogens with zero attached hydrogens (tertiary/aromatic N) is 1. The highest BCUT2D eigenvalue weighted by atomic mass is 19.1. The van der Waals surface area contributed by atoms with Crippen LogP contribution in [0.3, 0.4) is 0 Å². The van der Waals surface area contributed by atoms with Crippen LogP contribution in [-0.2, 0) is 14.4 Å². The molecule has 0 aliphatic rings. The first kappa shape index (κ1) is 25.8. The van der Waals surface area contributed by atoms with E-state index in [1.54, 1.807) is 25.1 Å². The summed E-state index contributed by atoms with van der Waals surface area (Å²) >= 11 is 0. The van der Waals surface area contributed by atoms with Crippen LogP contribution in [0, 0.1) is 11.6 Å². The zero-order chi connectivity index (χ0) is 25.9. The molecular weight excluding hydrogens is 474 g/mol. The smallest absolute Gasteiger partial charge is 0.329 e. The number of benzene rings is 3.